The summed E-state index contributed by atoms with van der Waals surface area (Å²) in [7, 11) is 1.41. The topological polar surface area (TPSA) is 85.4 Å². The van der Waals surface area contributed by atoms with Crippen molar-refractivity contribution in [3.05, 3.63) is 57.9 Å². The van der Waals surface area contributed by atoms with Crippen LogP contribution in [0, 0.1) is 27.3 Å². The smallest absolute Gasteiger partial charge is 0.311 e. The Hall–Kier alpha value is -3.14. The normalized spacial score (nSPS) is 9.76. The molecule has 0 heterocycles. The maximum absolute atomic E-state index is 13.1. The Kier molecular flexibility index (Phi) is 4.00. The van der Waals surface area contributed by atoms with E-state index in [1.165, 1.54) is 31.4 Å². The highest BCUT2D eigenvalue weighted by Gasteiger charge is 2.18. The molecule has 2 rings (SSSR count). The Balaban J connectivity index is 2.48. The largest absolute Gasteiger partial charge is 0.497 e. The first-order valence-corrected chi connectivity index (χ1v) is 5.75. The minimum atomic E-state index is -0.621. The second-order valence-electron chi connectivity index (χ2n) is 3.95. The van der Waals surface area contributed by atoms with Crippen LogP contribution in [0.25, 0.3) is 0 Å². The summed E-state index contributed by atoms with van der Waals surface area (Å²) in [6.45, 7) is 0. The first kappa shape index (κ1) is 14.3. The van der Waals surface area contributed by atoms with Crippen LogP contribution < -0.4 is 9.47 Å². The van der Waals surface area contributed by atoms with Gasteiger partial charge in [0, 0.05) is 12.1 Å². The van der Waals surface area contributed by atoms with E-state index in [2.05, 4.69) is 0 Å². The summed E-state index contributed by atoms with van der Waals surface area (Å²) in [5, 5.41) is 19.9. The number of ether oxygens (including phenoxy) is 2. The van der Waals surface area contributed by atoms with Crippen LogP contribution in [0.2, 0.25) is 0 Å². The van der Waals surface area contributed by atoms with Crippen LogP contribution in [-0.2, 0) is 0 Å². The Labute approximate surface area is 119 Å². The lowest BCUT2D eigenvalue weighted by Crippen LogP contribution is -1.96. The third kappa shape index (κ3) is 3.06. The molecule has 0 saturated heterocycles. The molecule has 0 unspecified atom stereocenters. The summed E-state index contributed by atoms with van der Waals surface area (Å²) < 4.78 is 23.4. The molecule has 106 valence electrons. The highest BCUT2D eigenvalue weighted by Crippen LogP contribution is 2.35. The van der Waals surface area contributed by atoms with Crippen molar-refractivity contribution in [3.8, 4) is 23.3 Å². The van der Waals surface area contributed by atoms with Gasteiger partial charge in [-0.3, -0.25) is 10.1 Å². The van der Waals surface area contributed by atoms with Crippen molar-refractivity contribution < 1.29 is 18.8 Å². The van der Waals surface area contributed by atoms with Gasteiger partial charge < -0.3 is 9.47 Å². The average Bonchev–Trinajstić information content (AvgIpc) is 2.48. The Bertz CT molecular complexity index is 740. The molecule has 21 heavy (non-hydrogen) atoms. The van der Waals surface area contributed by atoms with Gasteiger partial charge in [0.2, 0.25) is 5.75 Å². The molecule has 0 fully saturated rings. The van der Waals surface area contributed by atoms with Gasteiger partial charge in [0.25, 0.3) is 0 Å². The molecule has 0 saturated carbocycles. The molecule has 7 heteroatoms. The molecule has 0 radical (unpaired) electrons. The molecule has 2 aromatic rings. The lowest BCUT2D eigenvalue weighted by molar-refractivity contribution is -0.385. The van der Waals surface area contributed by atoms with Crippen LogP contribution in [0.3, 0.4) is 0 Å². The van der Waals surface area contributed by atoms with Crippen molar-refractivity contribution in [3.63, 3.8) is 0 Å². The van der Waals surface area contributed by atoms with Crippen molar-refractivity contribution in [1.82, 2.24) is 0 Å². The van der Waals surface area contributed by atoms with Crippen LogP contribution in [-0.4, -0.2) is 12.0 Å². The van der Waals surface area contributed by atoms with Crippen LogP contribution in [0.15, 0.2) is 36.4 Å². The van der Waals surface area contributed by atoms with E-state index in [1.54, 1.807) is 6.07 Å². The monoisotopic (exact) mass is 288 g/mol. The molecule has 0 aliphatic carbocycles. The zero-order chi connectivity index (χ0) is 15.4. The zero-order valence-electron chi connectivity index (χ0n) is 10.9. The molecule has 0 N–H and O–H groups in total. The third-order valence-corrected chi connectivity index (χ3v) is 2.65. The van der Waals surface area contributed by atoms with Gasteiger partial charge in [-0.1, -0.05) is 0 Å². The molecule has 2 aromatic carbocycles. The molecule has 0 amide bonds. The quantitative estimate of drug-likeness (QED) is 0.635. The number of nitro benzene ring substituents is 1. The van der Waals surface area contributed by atoms with Crippen molar-refractivity contribution in [1.29, 1.82) is 5.26 Å². The van der Waals surface area contributed by atoms with Crippen LogP contribution >= 0.6 is 0 Å². The maximum atomic E-state index is 13.1. The summed E-state index contributed by atoms with van der Waals surface area (Å²) in [5.41, 5.74) is -0.351. The van der Waals surface area contributed by atoms with Gasteiger partial charge >= 0.3 is 5.69 Å². The second-order valence-corrected chi connectivity index (χ2v) is 3.95. The van der Waals surface area contributed by atoms with Crippen LogP contribution in [0.4, 0.5) is 10.1 Å². The number of hydrogen-bond donors (Lipinski definition) is 0. The SMILES string of the molecule is COc1ccc([N+](=O)[O-])c(Oc2ccc(F)cc2C#N)c1. The minimum Gasteiger partial charge on any atom is -0.497 e. The summed E-state index contributed by atoms with van der Waals surface area (Å²) in [6, 6.07) is 9.05. The van der Waals surface area contributed by atoms with E-state index in [0.717, 1.165) is 12.1 Å². The maximum Gasteiger partial charge on any atom is 0.311 e. The summed E-state index contributed by atoms with van der Waals surface area (Å²) in [4.78, 5) is 10.4. The van der Waals surface area contributed by atoms with Crippen LogP contribution in [0.5, 0.6) is 17.2 Å². The van der Waals surface area contributed by atoms with Gasteiger partial charge in [0.1, 0.15) is 23.4 Å². The molecule has 0 aliphatic heterocycles. The highest BCUT2D eigenvalue weighted by molar-refractivity contribution is 5.54. The number of hydrogen-bond acceptors (Lipinski definition) is 5. The fourth-order valence-electron chi connectivity index (χ4n) is 1.65. The Morgan fingerprint density at radius 3 is 2.62 bits per heavy atom. The molecule has 0 aromatic heterocycles. The number of rotatable bonds is 4. The first-order chi connectivity index (χ1) is 10.0. The number of benzene rings is 2. The number of nitrogens with zero attached hydrogens (tertiary/aromatic N) is 2. The number of halogens is 1. The number of methoxy groups -OCH3 is 1. The standard InChI is InChI=1S/C14H9FN2O4/c1-20-11-3-4-12(17(18)19)14(7-11)21-13-5-2-10(15)6-9(13)8-16/h2-7H,1H3. The van der Waals surface area contributed by atoms with Crippen LogP contribution in [0.1, 0.15) is 5.56 Å². The van der Waals surface area contributed by atoms with E-state index in [4.69, 9.17) is 14.7 Å². The van der Waals surface area contributed by atoms with E-state index in [1.807, 2.05) is 0 Å². The molecule has 0 aliphatic rings. The number of nitriles is 1. The van der Waals surface area contributed by atoms with E-state index in [0.29, 0.717) is 5.75 Å². The van der Waals surface area contributed by atoms with Gasteiger partial charge in [-0.15, -0.1) is 0 Å². The summed E-state index contributed by atoms with van der Waals surface area (Å²) >= 11 is 0. The molecular weight excluding hydrogens is 279 g/mol. The minimum absolute atomic E-state index is 0.0234. The highest BCUT2D eigenvalue weighted by atomic mass is 19.1. The van der Waals surface area contributed by atoms with Gasteiger partial charge in [-0.25, -0.2) is 4.39 Å². The van der Waals surface area contributed by atoms with E-state index in [-0.39, 0.29) is 22.7 Å². The van der Waals surface area contributed by atoms with Gasteiger partial charge in [0.05, 0.1) is 17.6 Å². The summed E-state index contributed by atoms with van der Waals surface area (Å²) in [6.07, 6.45) is 0. The molecule has 0 spiro atoms. The van der Waals surface area contributed by atoms with Crippen molar-refractivity contribution in [2.24, 2.45) is 0 Å². The molecule has 0 atom stereocenters. The predicted octanol–water partition coefficient (Wildman–Crippen LogP) is 3.41. The fraction of sp³-hybridized carbons (Fsp3) is 0.0714. The average molecular weight is 288 g/mol. The molecular formula is C14H9FN2O4. The Morgan fingerprint density at radius 1 is 1.24 bits per heavy atom. The number of nitro groups is 1. The van der Waals surface area contributed by atoms with Crippen molar-refractivity contribution >= 4 is 5.69 Å². The van der Waals surface area contributed by atoms with Gasteiger partial charge in [-0.05, 0) is 24.3 Å². The van der Waals surface area contributed by atoms with E-state index in [9.17, 15) is 14.5 Å². The fourth-order valence-corrected chi connectivity index (χ4v) is 1.65. The van der Waals surface area contributed by atoms with Crippen molar-refractivity contribution in [2.45, 2.75) is 0 Å². The zero-order valence-corrected chi connectivity index (χ0v) is 10.9. The Morgan fingerprint density at radius 2 is 2.00 bits per heavy atom. The van der Waals surface area contributed by atoms with Gasteiger partial charge in [0.15, 0.2) is 0 Å². The second kappa shape index (κ2) is 5.88. The predicted molar refractivity (Wildman–Crippen MR) is 70.8 cm³/mol. The first-order valence-electron chi connectivity index (χ1n) is 5.75. The van der Waals surface area contributed by atoms with Gasteiger partial charge in [-0.2, -0.15) is 5.26 Å². The van der Waals surface area contributed by atoms with E-state index < -0.39 is 10.7 Å². The lowest BCUT2D eigenvalue weighted by atomic mass is 10.2. The summed E-state index contributed by atoms with van der Waals surface area (Å²) in [5.74, 6) is -0.312. The molecule has 6 nitrogen and oxygen atoms in total. The van der Waals surface area contributed by atoms with E-state index >= 15 is 0 Å². The third-order valence-electron chi connectivity index (χ3n) is 2.65. The lowest BCUT2D eigenvalue weighted by Gasteiger charge is -2.09. The molecule has 0 bridgehead atoms. The van der Waals surface area contributed by atoms with Crippen molar-refractivity contribution in [2.75, 3.05) is 7.11 Å².